The van der Waals surface area contributed by atoms with Crippen LogP contribution in [0.5, 0.6) is 5.75 Å². The van der Waals surface area contributed by atoms with Crippen molar-refractivity contribution in [3.8, 4) is 5.75 Å². The van der Waals surface area contributed by atoms with Gasteiger partial charge in [-0.05, 0) is 106 Å². The van der Waals surface area contributed by atoms with Crippen molar-refractivity contribution in [1.82, 2.24) is 5.32 Å². The molecule has 0 aliphatic heterocycles. The summed E-state index contributed by atoms with van der Waals surface area (Å²) in [5.74, 6) is -0.153. The lowest BCUT2D eigenvalue weighted by Gasteiger charge is -2.19. The molecule has 1 atom stereocenters. The van der Waals surface area contributed by atoms with Crippen LogP contribution >= 0.6 is 45.2 Å². The second kappa shape index (κ2) is 11.7. The molecule has 3 aromatic carbocycles. The minimum atomic E-state index is -0.869. The van der Waals surface area contributed by atoms with Gasteiger partial charge >= 0.3 is 6.09 Å². The molecular formula is C25H24I2N2O4. The molecule has 3 aromatic rings. The molecule has 0 aromatic heterocycles. The van der Waals surface area contributed by atoms with E-state index in [1.165, 1.54) is 0 Å². The second-order valence-corrected chi connectivity index (χ2v) is 9.98. The summed E-state index contributed by atoms with van der Waals surface area (Å²) >= 11 is 4.09. The van der Waals surface area contributed by atoms with Crippen LogP contribution < -0.4 is 10.6 Å². The monoisotopic (exact) mass is 670 g/mol. The number of carbonyl (C=O) groups excluding carboxylic acids is 2. The molecule has 3 N–H and O–H groups in total. The molecule has 0 unspecified atom stereocenters. The number of nitrogens with one attached hydrogen (secondary N) is 2. The van der Waals surface area contributed by atoms with E-state index >= 15 is 0 Å². The topological polar surface area (TPSA) is 87.7 Å². The fourth-order valence-corrected chi connectivity index (χ4v) is 5.03. The maximum absolute atomic E-state index is 13.1. The van der Waals surface area contributed by atoms with Gasteiger partial charge in [-0.15, -0.1) is 0 Å². The third-order valence-corrected chi connectivity index (χ3v) is 6.76. The van der Waals surface area contributed by atoms with Gasteiger partial charge in [-0.3, -0.25) is 4.79 Å². The first kappa shape index (κ1) is 25.3. The van der Waals surface area contributed by atoms with E-state index in [9.17, 15) is 14.7 Å². The van der Waals surface area contributed by atoms with Gasteiger partial charge in [-0.25, -0.2) is 4.79 Å². The predicted octanol–water partition coefficient (Wildman–Crippen LogP) is 5.69. The molecule has 0 aliphatic carbocycles. The Kier molecular flexibility index (Phi) is 8.95. The standard InChI is InChI=1S/C25H24I2N2O4/c1-15-8-9-19(10-16(15)2)28-24(31)22(13-18-11-20(26)23(30)21(27)12-18)29-25(32)33-14-17-6-4-3-5-7-17/h3-12,22,30H,13-14H2,1-2H3,(H,28,31)(H,29,32)/t22-/m1/s1. The summed E-state index contributed by atoms with van der Waals surface area (Å²) in [6.07, 6.45) is -0.439. The van der Waals surface area contributed by atoms with Gasteiger partial charge < -0.3 is 20.5 Å². The molecule has 0 spiro atoms. The molecule has 33 heavy (non-hydrogen) atoms. The van der Waals surface area contributed by atoms with Gasteiger partial charge in [0.2, 0.25) is 5.91 Å². The summed E-state index contributed by atoms with van der Waals surface area (Å²) in [7, 11) is 0. The van der Waals surface area contributed by atoms with Gasteiger partial charge in [-0.2, -0.15) is 0 Å². The lowest BCUT2D eigenvalue weighted by Crippen LogP contribution is -2.45. The number of hydrogen-bond donors (Lipinski definition) is 3. The van der Waals surface area contributed by atoms with Crippen LogP contribution in [-0.2, 0) is 22.6 Å². The molecule has 0 saturated carbocycles. The average molecular weight is 670 g/mol. The van der Waals surface area contributed by atoms with Crippen LogP contribution in [0.3, 0.4) is 0 Å². The van der Waals surface area contributed by atoms with Crippen LogP contribution in [0.25, 0.3) is 0 Å². The van der Waals surface area contributed by atoms with E-state index in [0.29, 0.717) is 12.8 Å². The maximum Gasteiger partial charge on any atom is 0.408 e. The smallest absolute Gasteiger partial charge is 0.408 e. The lowest BCUT2D eigenvalue weighted by molar-refractivity contribution is -0.118. The number of halogens is 2. The highest BCUT2D eigenvalue weighted by Crippen LogP contribution is 2.28. The first-order chi connectivity index (χ1) is 15.7. The van der Waals surface area contributed by atoms with Crippen LogP contribution in [0.2, 0.25) is 0 Å². The van der Waals surface area contributed by atoms with Crippen molar-refractivity contribution in [1.29, 1.82) is 0 Å². The molecule has 0 heterocycles. The molecule has 6 nitrogen and oxygen atoms in total. The lowest BCUT2D eigenvalue weighted by atomic mass is 10.0. The van der Waals surface area contributed by atoms with Gasteiger partial charge in [0.05, 0.1) is 7.14 Å². The van der Waals surface area contributed by atoms with Crippen molar-refractivity contribution in [2.24, 2.45) is 0 Å². The molecule has 0 saturated heterocycles. The summed E-state index contributed by atoms with van der Waals surface area (Å²) in [6, 6.07) is 17.7. The van der Waals surface area contributed by atoms with Gasteiger partial charge in [-0.1, -0.05) is 36.4 Å². The van der Waals surface area contributed by atoms with Crippen LogP contribution in [0.4, 0.5) is 10.5 Å². The van der Waals surface area contributed by atoms with Crippen LogP contribution in [-0.4, -0.2) is 23.1 Å². The highest BCUT2D eigenvalue weighted by Gasteiger charge is 2.23. The first-order valence-corrected chi connectivity index (χ1v) is 12.4. The Labute approximate surface area is 220 Å². The summed E-state index contributed by atoms with van der Waals surface area (Å²) in [5.41, 5.74) is 4.50. The molecule has 2 amide bonds. The highest BCUT2D eigenvalue weighted by molar-refractivity contribution is 14.1. The third-order valence-electron chi connectivity index (χ3n) is 5.11. The molecular weight excluding hydrogens is 646 g/mol. The predicted molar refractivity (Wildman–Crippen MR) is 145 cm³/mol. The number of amides is 2. The second-order valence-electron chi connectivity index (χ2n) is 7.66. The number of aryl methyl sites for hydroxylation is 2. The number of alkyl carbamates (subject to hydrolysis) is 1. The van der Waals surface area contributed by atoms with Crippen LogP contribution in [0.15, 0.2) is 60.7 Å². The zero-order chi connectivity index (χ0) is 24.0. The first-order valence-electron chi connectivity index (χ1n) is 10.2. The summed E-state index contributed by atoms with van der Waals surface area (Å²) < 4.78 is 6.68. The van der Waals surface area contributed by atoms with Crippen LogP contribution in [0, 0.1) is 21.0 Å². The highest BCUT2D eigenvalue weighted by atomic mass is 127. The largest absolute Gasteiger partial charge is 0.506 e. The Bertz CT molecular complexity index is 1130. The fraction of sp³-hybridized carbons (Fsp3) is 0.200. The van der Waals surface area contributed by atoms with Crippen molar-refractivity contribution in [2.75, 3.05) is 5.32 Å². The molecule has 0 bridgehead atoms. The quantitative estimate of drug-likeness (QED) is 0.282. The van der Waals surface area contributed by atoms with Crippen LogP contribution in [0.1, 0.15) is 22.3 Å². The number of benzene rings is 3. The average Bonchev–Trinajstić information content (AvgIpc) is 2.78. The number of ether oxygens (including phenoxy) is 1. The Morgan fingerprint density at radius 1 is 0.939 bits per heavy atom. The molecule has 0 radical (unpaired) electrons. The Balaban J connectivity index is 1.76. The van der Waals surface area contributed by atoms with Crippen molar-refractivity contribution < 1.29 is 19.4 Å². The van der Waals surface area contributed by atoms with E-state index in [2.05, 4.69) is 10.6 Å². The van der Waals surface area contributed by atoms with Gasteiger partial charge in [0.1, 0.15) is 18.4 Å². The number of anilines is 1. The van der Waals surface area contributed by atoms with E-state index in [1.807, 2.05) is 108 Å². The van der Waals surface area contributed by atoms with Gasteiger partial charge in [0, 0.05) is 12.1 Å². The molecule has 172 valence electrons. The number of hydrogen-bond acceptors (Lipinski definition) is 4. The summed E-state index contributed by atoms with van der Waals surface area (Å²) in [6.45, 7) is 4.08. The SMILES string of the molecule is Cc1ccc(NC(=O)[C@@H](Cc2cc(I)c(O)c(I)c2)NC(=O)OCc2ccccc2)cc1C. The van der Waals surface area contributed by atoms with Gasteiger partial charge in [0.15, 0.2) is 0 Å². The van der Waals surface area contributed by atoms with E-state index in [1.54, 1.807) is 12.1 Å². The number of phenols is 1. The number of rotatable bonds is 7. The Hall–Kier alpha value is -2.34. The van der Waals surface area contributed by atoms with Crippen molar-refractivity contribution in [3.63, 3.8) is 0 Å². The molecule has 0 aliphatic rings. The van der Waals surface area contributed by atoms with E-state index in [0.717, 1.165) is 22.3 Å². The van der Waals surface area contributed by atoms with Crippen molar-refractivity contribution in [3.05, 3.63) is 90.1 Å². The summed E-state index contributed by atoms with van der Waals surface area (Å²) in [4.78, 5) is 25.6. The maximum atomic E-state index is 13.1. The Morgan fingerprint density at radius 3 is 2.24 bits per heavy atom. The zero-order valence-corrected chi connectivity index (χ0v) is 22.5. The minimum absolute atomic E-state index is 0.104. The zero-order valence-electron chi connectivity index (χ0n) is 18.2. The van der Waals surface area contributed by atoms with Gasteiger partial charge in [0.25, 0.3) is 0 Å². The third kappa shape index (κ3) is 7.32. The number of aromatic hydroxyl groups is 1. The fourth-order valence-electron chi connectivity index (χ4n) is 3.14. The minimum Gasteiger partial charge on any atom is -0.506 e. The van der Waals surface area contributed by atoms with E-state index in [4.69, 9.17) is 4.74 Å². The number of carbonyl (C=O) groups is 2. The number of phenolic OH excluding ortho intramolecular Hbond substituents is 1. The van der Waals surface area contributed by atoms with Crippen molar-refractivity contribution >= 4 is 62.9 Å². The molecule has 3 rings (SSSR count). The van der Waals surface area contributed by atoms with Crippen molar-refractivity contribution in [2.45, 2.75) is 32.9 Å². The normalized spacial score (nSPS) is 11.5. The molecule has 8 heteroatoms. The summed E-state index contributed by atoms with van der Waals surface area (Å²) in [5, 5.41) is 15.6. The Morgan fingerprint density at radius 2 is 1.61 bits per heavy atom. The van der Waals surface area contributed by atoms with E-state index < -0.39 is 12.1 Å². The molecule has 0 fully saturated rings. The van der Waals surface area contributed by atoms with E-state index in [-0.39, 0.29) is 24.7 Å².